The summed E-state index contributed by atoms with van der Waals surface area (Å²) in [6, 6.07) is 5.62. The lowest BCUT2D eigenvalue weighted by Crippen LogP contribution is -2.03. The molecule has 0 aliphatic heterocycles. The molecule has 0 aliphatic carbocycles. The molecule has 0 heterocycles. The van der Waals surface area contributed by atoms with Crippen LogP contribution in [0.2, 0.25) is 0 Å². The quantitative estimate of drug-likeness (QED) is 0.711. The number of nitrogens with two attached hydrogens (primary N) is 1. The topological polar surface area (TPSA) is 47.3 Å². The van der Waals surface area contributed by atoms with Crippen LogP contribution in [0.25, 0.3) is 6.08 Å². The SMILES string of the molecule is CNCC=Cc1cc(OC)ccc1N. The highest BCUT2D eigenvalue weighted by Crippen LogP contribution is 2.20. The van der Waals surface area contributed by atoms with Gasteiger partial charge in [-0.15, -0.1) is 0 Å². The minimum Gasteiger partial charge on any atom is -0.497 e. The number of likely N-dealkylation sites (N-methyl/N-ethyl adjacent to an activating group) is 1. The van der Waals surface area contributed by atoms with E-state index >= 15 is 0 Å². The number of nitrogen functional groups attached to an aromatic ring is 1. The van der Waals surface area contributed by atoms with Crippen molar-refractivity contribution in [1.82, 2.24) is 5.32 Å². The number of anilines is 1. The monoisotopic (exact) mass is 192 g/mol. The molecule has 0 radical (unpaired) electrons. The van der Waals surface area contributed by atoms with Crippen molar-refractivity contribution in [1.29, 1.82) is 0 Å². The van der Waals surface area contributed by atoms with Gasteiger partial charge in [0.1, 0.15) is 5.75 Å². The predicted octanol–water partition coefficient (Wildman–Crippen LogP) is 1.51. The Morgan fingerprint density at radius 1 is 1.50 bits per heavy atom. The van der Waals surface area contributed by atoms with Gasteiger partial charge >= 0.3 is 0 Å². The van der Waals surface area contributed by atoms with Crippen LogP contribution in [-0.2, 0) is 0 Å². The first kappa shape index (κ1) is 10.6. The molecule has 14 heavy (non-hydrogen) atoms. The summed E-state index contributed by atoms with van der Waals surface area (Å²) in [5.74, 6) is 0.823. The molecule has 3 N–H and O–H groups in total. The molecule has 1 aromatic rings. The average Bonchev–Trinajstić information content (AvgIpc) is 2.21. The van der Waals surface area contributed by atoms with E-state index in [0.29, 0.717) is 0 Å². The van der Waals surface area contributed by atoms with Gasteiger partial charge in [-0.25, -0.2) is 0 Å². The molecule has 3 nitrogen and oxygen atoms in total. The van der Waals surface area contributed by atoms with E-state index in [9.17, 15) is 0 Å². The van der Waals surface area contributed by atoms with Crippen molar-refractivity contribution in [3.05, 3.63) is 29.8 Å². The fourth-order valence-corrected chi connectivity index (χ4v) is 1.13. The number of nitrogens with one attached hydrogen (secondary N) is 1. The second-order valence-electron chi connectivity index (χ2n) is 2.95. The van der Waals surface area contributed by atoms with Gasteiger partial charge in [0.05, 0.1) is 7.11 Å². The average molecular weight is 192 g/mol. The van der Waals surface area contributed by atoms with Crippen LogP contribution < -0.4 is 15.8 Å². The lowest BCUT2D eigenvalue weighted by molar-refractivity contribution is 0.415. The van der Waals surface area contributed by atoms with Gasteiger partial charge in [-0.2, -0.15) is 0 Å². The van der Waals surface area contributed by atoms with E-state index in [4.69, 9.17) is 10.5 Å². The zero-order chi connectivity index (χ0) is 10.4. The van der Waals surface area contributed by atoms with Gasteiger partial charge < -0.3 is 15.8 Å². The molecule has 0 saturated heterocycles. The summed E-state index contributed by atoms with van der Waals surface area (Å²) in [6.45, 7) is 0.830. The molecular weight excluding hydrogens is 176 g/mol. The van der Waals surface area contributed by atoms with Crippen LogP contribution in [0.5, 0.6) is 5.75 Å². The zero-order valence-electron chi connectivity index (χ0n) is 8.58. The van der Waals surface area contributed by atoms with E-state index < -0.39 is 0 Å². The van der Waals surface area contributed by atoms with Crippen molar-refractivity contribution >= 4 is 11.8 Å². The van der Waals surface area contributed by atoms with Crippen molar-refractivity contribution in [3.8, 4) is 5.75 Å². The molecule has 0 saturated carbocycles. The van der Waals surface area contributed by atoms with Gasteiger partial charge in [-0.05, 0) is 25.2 Å². The molecule has 0 bridgehead atoms. The van der Waals surface area contributed by atoms with Crippen LogP contribution in [0, 0.1) is 0 Å². The third-order valence-electron chi connectivity index (χ3n) is 1.91. The van der Waals surface area contributed by atoms with E-state index in [1.165, 1.54) is 0 Å². The van der Waals surface area contributed by atoms with Crippen LogP contribution in [0.15, 0.2) is 24.3 Å². The maximum absolute atomic E-state index is 5.80. The van der Waals surface area contributed by atoms with Gasteiger partial charge in [-0.3, -0.25) is 0 Å². The summed E-state index contributed by atoms with van der Waals surface area (Å²) in [4.78, 5) is 0. The van der Waals surface area contributed by atoms with E-state index in [1.807, 2.05) is 37.4 Å². The Balaban J connectivity index is 2.83. The predicted molar refractivity (Wildman–Crippen MR) is 60.4 cm³/mol. The van der Waals surface area contributed by atoms with Crippen LogP contribution in [0.4, 0.5) is 5.69 Å². The normalized spacial score (nSPS) is 10.7. The second kappa shape index (κ2) is 5.29. The summed E-state index contributed by atoms with van der Waals surface area (Å²) >= 11 is 0. The highest BCUT2D eigenvalue weighted by molar-refractivity contribution is 5.66. The summed E-state index contributed by atoms with van der Waals surface area (Å²) in [6.07, 6.45) is 4.00. The first-order chi connectivity index (χ1) is 6.77. The van der Waals surface area contributed by atoms with Gasteiger partial charge in [0.25, 0.3) is 0 Å². The van der Waals surface area contributed by atoms with Crippen molar-refractivity contribution in [2.45, 2.75) is 0 Å². The number of ether oxygens (including phenoxy) is 1. The summed E-state index contributed by atoms with van der Waals surface area (Å²) in [5.41, 5.74) is 7.55. The number of hydrogen-bond donors (Lipinski definition) is 2. The van der Waals surface area contributed by atoms with Crippen LogP contribution >= 0.6 is 0 Å². The minimum atomic E-state index is 0.762. The number of hydrogen-bond acceptors (Lipinski definition) is 3. The van der Waals surface area contributed by atoms with E-state index in [-0.39, 0.29) is 0 Å². The van der Waals surface area contributed by atoms with Crippen molar-refractivity contribution in [3.63, 3.8) is 0 Å². The van der Waals surface area contributed by atoms with Gasteiger partial charge in [0.2, 0.25) is 0 Å². The smallest absolute Gasteiger partial charge is 0.119 e. The molecule has 0 aromatic heterocycles. The first-order valence-electron chi connectivity index (χ1n) is 4.52. The first-order valence-corrected chi connectivity index (χ1v) is 4.52. The lowest BCUT2D eigenvalue weighted by Gasteiger charge is -2.04. The number of benzene rings is 1. The Labute approximate surface area is 84.6 Å². The van der Waals surface area contributed by atoms with E-state index in [1.54, 1.807) is 7.11 Å². The van der Waals surface area contributed by atoms with Crippen molar-refractivity contribution in [2.75, 3.05) is 26.4 Å². The van der Waals surface area contributed by atoms with Crippen LogP contribution in [-0.4, -0.2) is 20.7 Å². The molecule has 0 atom stereocenters. The minimum absolute atomic E-state index is 0.762. The number of methoxy groups -OCH3 is 1. The molecule has 0 amide bonds. The Hall–Kier alpha value is -1.48. The van der Waals surface area contributed by atoms with Crippen LogP contribution in [0.1, 0.15) is 5.56 Å². The van der Waals surface area contributed by atoms with E-state index in [2.05, 4.69) is 5.32 Å². The van der Waals surface area contributed by atoms with Gasteiger partial charge in [-0.1, -0.05) is 12.2 Å². The second-order valence-corrected chi connectivity index (χ2v) is 2.95. The fourth-order valence-electron chi connectivity index (χ4n) is 1.13. The number of rotatable bonds is 4. The molecule has 0 spiro atoms. The highest BCUT2D eigenvalue weighted by atomic mass is 16.5. The highest BCUT2D eigenvalue weighted by Gasteiger charge is 1.96. The van der Waals surface area contributed by atoms with Crippen LogP contribution in [0.3, 0.4) is 0 Å². The third-order valence-corrected chi connectivity index (χ3v) is 1.91. The Morgan fingerprint density at radius 3 is 2.93 bits per heavy atom. The molecule has 3 heteroatoms. The standard InChI is InChI=1S/C11H16N2O/c1-13-7-3-4-9-8-10(14-2)5-6-11(9)12/h3-6,8,13H,7,12H2,1-2H3. The summed E-state index contributed by atoms with van der Waals surface area (Å²) < 4.78 is 5.11. The van der Waals surface area contributed by atoms with Crippen molar-refractivity contribution in [2.24, 2.45) is 0 Å². The molecule has 1 aromatic carbocycles. The maximum atomic E-state index is 5.80. The molecule has 0 unspecified atom stereocenters. The molecule has 1 rings (SSSR count). The Morgan fingerprint density at radius 2 is 2.29 bits per heavy atom. The maximum Gasteiger partial charge on any atom is 0.119 e. The van der Waals surface area contributed by atoms with Gasteiger partial charge in [0, 0.05) is 17.8 Å². The molecular formula is C11H16N2O. The van der Waals surface area contributed by atoms with Crippen molar-refractivity contribution < 1.29 is 4.74 Å². The molecule has 0 aliphatic rings. The fraction of sp³-hybridized carbons (Fsp3) is 0.273. The summed E-state index contributed by atoms with van der Waals surface area (Å²) in [5, 5.41) is 3.03. The van der Waals surface area contributed by atoms with E-state index in [0.717, 1.165) is 23.5 Å². The molecule has 76 valence electrons. The Bertz CT molecular complexity index is 321. The summed E-state index contributed by atoms with van der Waals surface area (Å²) in [7, 11) is 3.55. The lowest BCUT2D eigenvalue weighted by atomic mass is 10.1. The Kier molecular flexibility index (Phi) is 4.01. The zero-order valence-corrected chi connectivity index (χ0v) is 8.58. The largest absolute Gasteiger partial charge is 0.497 e. The van der Waals surface area contributed by atoms with Gasteiger partial charge in [0.15, 0.2) is 0 Å². The third kappa shape index (κ3) is 2.78. The molecule has 0 fully saturated rings.